The summed E-state index contributed by atoms with van der Waals surface area (Å²) in [6, 6.07) is 1.95. The van der Waals surface area contributed by atoms with E-state index in [9.17, 15) is 0 Å². The fourth-order valence-corrected chi connectivity index (χ4v) is 2.55. The molecule has 0 aliphatic carbocycles. The van der Waals surface area contributed by atoms with Gasteiger partial charge in [-0.15, -0.1) is 0 Å². The monoisotopic (exact) mass is 313 g/mol. The second-order valence-electron chi connectivity index (χ2n) is 5.58. The molecule has 1 fully saturated rings. The van der Waals surface area contributed by atoms with Crippen molar-refractivity contribution in [1.82, 2.24) is 14.9 Å². The molecule has 23 heavy (non-hydrogen) atoms. The number of anilines is 1. The lowest BCUT2D eigenvalue weighted by Crippen LogP contribution is -2.35. The van der Waals surface area contributed by atoms with Crippen molar-refractivity contribution in [3.05, 3.63) is 29.9 Å². The van der Waals surface area contributed by atoms with E-state index in [1.165, 1.54) is 12.4 Å². The van der Waals surface area contributed by atoms with Crippen LogP contribution in [0.1, 0.15) is 25.5 Å². The molecule has 2 heterocycles. The summed E-state index contributed by atoms with van der Waals surface area (Å²) in [7, 11) is 1.73. The maximum Gasteiger partial charge on any atom is 0.158 e. The van der Waals surface area contributed by atoms with E-state index < -0.39 is 0 Å². The minimum atomic E-state index is 0.292. The fraction of sp³-hybridized carbons (Fsp3) is 0.500. The molecule has 2 rings (SSSR count). The maximum atomic E-state index is 8.74. The second-order valence-corrected chi connectivity index (χ2v) is 5.58. The lowest BCUT2D eigenvalue weighted by molar-refractivity contribution is 0.231. The number of nitriles is 1. The van der Waals surface area contributed by atoms with E-state index in [1.807, 2.05) is 12.1 Å². The molecule has 0 radical (unpaired) electrons. The van der Waals surface area contributed by atoms with Gasteiger partial charge in [0.1, 0.15) is 17.7 Å². The van der Waals surface area contributed by atoms with Gasteiger partial charge < -0.3 is 16.0 Å². The molecule has 0 amide bonds. The van der Waals surface area contributed by atoms with Gasteiger partial charge in [-0.25, -0.2) is 9.97 Å². The highest BCUT2D eigenvalue weighted by molar-refractivity contribution is 6.03. The van der Waals surface area contributed by atoms with Gasteiger partial charge in [-0.3, -0.25) is 4.99 Å². The summed E-state index contributed by atoms with van der Waals surface area (Å²) in [5.41, 5.74) is 7.19. The smallest absolute Gasteiger partial charge is 0.158 e. The number of rotatable bonds is 4. The molecule has 1 saturated heterocycles. The molecule has 1 aliphatic rings. The van der Waals surface area contributed by atoms with Crippen molar-refractivity contribution in [3.63, 3.8) is 0 Å². The summed E-state index contributed by atoms with van der Waals surface area (Å²) in [6.45, 7) is 4.91. The Morgan fingerprint density at radius 1 is 1.48 bits per heavy atom. The van der Waals surface area contributed by atoms with Crippen molar-refractivity contribution in [1.29, 1.82) is 5.26 Å². The Balaban J connectivity index is 1.99. The number of hydrogen-bond acceptors (Lipinski definition) is 6. The number of nitrogens with one attached hydrogen (secondary N) is 1. The van der Waals surface area contributed by atoms with Crippen LogP contribution in [-0.4, -0.2) is 47.4 Å². The van der Waals surface area contributed by atoms with E-state index in [-0.39, 0.29) is 0 Å². The van der Waals surface area contributed by atoms with Crippen LogP contribution in [0.25, 0.3) is 0 Å². The largest absolute Gasteiger partial charge is 0.375 e. The summed E-state index contributed by atoms with van der Waals surface area (Å²) in [6.07, 6.45) is 7.23. The highest BCUT2D eigenvalue weighted by Crippen LogP contribution is 2.19. The Bertz CT molecular complexity index is 604. The highest BCUT2D eigenvalue weighted by Gasteiger charge is 2.18. The third-order valence-electron chi connectivity index (χ3n) is 4.06. The normalized spacial score (nSPS) is 17.0. The summed E-state index contributed by atoms with van der Waals surface area (Å²) in [4.78, 5) is 14.7. The van der Waals surface area contributed by atoms with E-state index in [1.54, 1.807) is 7.05 Å². The topological polar surface area (TPSA) is 103 Å². The Kier molecular flexibility index (Phi) is 6.06. The molecule has 7 nitrogen and oxygen atoms in total. The zero-order chi connectivity index (χ0) is 16.7. The first-order chi connectivity index (χ1) is 11.2. The van der Waals surface area contributed by atoms with Crippen molar-refractivity contribution in [2.24, 2.45) is 16.6 Å². The maximum absolute atomic E-state index is 8.74. The first-order valence-electron chi connectivity index (χ1n) is 7.75. The van der Waals surface area contributed by atoms with Crippen LogP contribution in [0.4, 0.5) is 5.82 Å². The van der Waals surface area contributed by atoms with E-state index >= 15 is 0 Å². The summed E-state index contributed by atoms with van der Waals surface area (Å²) >= 11 is 0. The zero-order valence-electron chi connectivity index (χ0n) is 13.7. The lowest BCUT2D eigenvalue weighted by Gasteiger charge is -2.33. The van der Waals surface area contributed by atoms with Gasteiger partial charge in [-0.05, 0) is 38.3 Å². The molecule has 0 bridgehead atoms. The summed E-state index contributed by atoms with van der Waals surface area (Å²) in [5, 5.41) is 11.9. The minimum absolute atomic E-state index is 0.292. The van der Waals surface area contributed by atoms with Gasteiger partial charge in [0.05, 0.1) is 12.4 Å². The van der Waals surface area contributed by atoms with Crippen molar-refractivity contribution in [2.45, 2.75) is 19.8 Å². The average Bonchev–Trinajstić information content (AvgIpc) is 2.61. The Morgan fingerprint density at radius 2 is 2.22 bits per heavy atom. The van der Waals surface area contributed by atoms with Crippen molar-refractivity contribution in [3.8, 4) is 6.07 Å². The Morgan fingerprint density at radius 3 is 2.74 bits per heavy atom. The lowest BCUT2D eigenvalue weighted by atomic mass is 9.97. The van der Waals surface area contributed by atoms with Crippen molar-refractivity contribution >= 4 is 11.7 Å². The molecule has 1 aliphatic heterocycles. The van der Waals surface area contributed by atoms with Crippen LogP contribution < -0.4 is 11.1 Å². The van der Waals surface area contributed by atoms with Crippen LogP contribution in [0.2, 0.25) is 0 Å². The van der Waals surface area contributed by atoms with Gasteiger partial charge in [0.15, 0.2) is 5.69 Å². The third kappa shape index (κ3) is 4.76. The Labute approximate surface area is 136 Å². The van der Waals surface area contributed by atoms with E-state index in [0.717, 1.165) is 38.2 Å². The number of likely N-dealkylation sites (tertiary alicyclic amines) is 1. The number of piperidine rings is 1. The zero-order valence-corrected chi connectivity index (χ0v) is 13.7. The second kappa shape index (κ2) is 8.25. The molecule has 0 saturated carbocycles. The SMILES string of the molecule is CN=C(/C=C(\C)N1CCC(CN)CC1)Nc1cnc(C#N)cn1. The standard InChI is InChI=1S/C16H23N7/c1-12(23-5-3-13(8-17)4-6-23)7-15(19-2)22-16-11-20-14(9-18)10-21-16/h7,10-11,13H,3-6,8,17H2,1-2H3,(H,19,21,22)/b12-7+. The molecular weight excluding hydrogens is 290 g/mol. The Hall–Kier alpha value is -2.46. The van der Waals surface area contributed by atoms with Crippen LogP contribution in [0.15, 0.2) is 29.2 Å². The minimum Gasteiger partial charge on any atom is -0.375 e. The predicted molar refractivity (Wildman–Crippen MR) is 90.8 cm³/mol. The van der Waals surface area contributed by atoms with Crippen molar-refractivity contribution in [2.75, 3.05) is 32.0 Å². The van der Waals surface area contributed by atoms with Gasteiger partial charge in [-0.2, -0.15) is 5.26 Å². The molecule has 0 unspecified atom stereocenters. The molecular formula is C16H23N7. The summed E-state index contributed by atoms with van der Waals surface area (Å²) < 4.78 is 0. The molecule has 0 atom stereocenters. The first-order valence-corrected chi connectivity index (χ1v) is 7.75. The molecule has 7 heteroatoms. The molecule has 1 aromatic rings. The molecule has 0 spiro atoms. The number of aliphatic imine (C=N–C) groups is 1. The number of amidine groups is 1. The van der Waals surface area contributed by atoms with Gasteiger partial charge in [0.2, 0.25) is 0 Å². The van der Waals surface area contributed by atoms with Crippen molar-refractivity contribution < 1.29 is 0 Å². The summed E-state index contributed by atoms with van der Waals surface area (Å²) in [5.74, 6) is 1.92. The first kappa shape index (κ1) is 16.9. The number of hydrogen-bond donors (Lipinski definition) is 2. The molecule has 122 valence electrons. The molecule has 0 aromatic carbocycles. The van der Waals surface area contributed by atoms with E-state index in [4.69, 9.17) is 11.0 Å². The molecule has 3 N–H and O–H groups in total. The van der Waals surface area contributed by atoms with Crippen LogP contribution in [-0.2, 0) is 0 Å². The van der Waals surface area contributed by atoms with Crippen LogP contribution in [0.3, 0.4) is 0 Å². The number of nitrogens with two attached hydrogens (primary N) is 1. The quantitative estimate of drug-likeness (QED) is 0.642. The van der Waals surface area contributed by atoms with E-state index in [0.29, 0.717) is 23.3 Å². The number of aromatic nitrogens is 2. The van der Waals surface area contributed by atoms with Crippen LogP contribution in [0, 0.1) is 17.2 Å². The van der Waals surface area contributed by atoms with E-state index in [2.05, 4.69) is 32.1 Å². The number of allylic oxidation sites excluding steroid dienone is 1. The average molecular weight is 313 g/mol. The van der Waals surface area contributed by atoms with Crippen LogP contribution in [0.5, 0.6) is 0 Å². The number of nitrogens with zero attached hydrogens (tertiary/aromatic N) is 5. The predicted octanol–water partition coefficient (Wildman–Crippen LogP) is 1.36. The van der Waals surface area contributed by atoms with Gasteiger partial charge >= 0.3 is 0 Å². The third-order valence-corrected chi connectivity index (χ3v) is 4.06. The highest BCUT2D eigenvalue weighted by atomic mass is 15.1. The van der Waals surface area contributed by atoms with Crippen LogP contribution >= 0.6 is 0 Å². The molecule has 1 aromatic heterocycles. The fourth-order valence-electron chi connectivity index (χ4n) is 2.55. The van der Waals surface area contributed by atoms with Gasteiger partial charge in [0.25, 0.3) is 0 Å². The van der Waals surface area contributed by atoms with Gasteiger partial charge in [-0.1, -0.05) is 0 Å². The van der Waals surface area contributed by atoms with Gasteiger partial charge in [0, 0.05) is 25.8 Å².